The fourth-order valence-corrected chi connectivity index (χ4v) is 4.12. The lowest BCUT2D eigenvalue weighted by atomic mass is 9.70. The Bertz CT molecular complexity index is 1060. The van der Waals surface area contributed by atoms with Crippen molar-refractivity contribution in [1.29, 1.82) is 0 Å². The molecular weight excluding hydrogens is 395 g/mol. The minimum Gasteiger partial charge on any atom is -0.395 e. The lowest BCUT2D eigenvalue weighted by Crippen LogP contribution is -2.41. The summed E-state index contributed by atoms with van der Waals surface area (Å²) in [4.78, 5) is 14.7. The highest BCUT2D eigenvalue weighted by atomic mass is 19.1. The Morgan fingerprint density at radius 3 is 2.50 bits per heavy atom. The van der Waals surface area contributed by atoms with Crippen LogP contribution >= 0.6 is 0 Å². The summed E-state index contributed by atoms with van der Waals surface area (Å²) >= 11 is 0. The molecule has 1 fully saturated rings. The maximum atomic E-state index is 14.4. The standard InChI is InChI=1S/C22H22F3N3O2/c23-15-3-1-13(2-4-15)20-19(17-9-16(24)10-18(25)21(17)28-20)14-7-12(8-14)11-27-22(30)26-5-6-29/h1-4,9-10,12,14,28-29H,5-8,11H2,(H2,26,27,30). The molecule has 4 N–H and O–H groups in total. The minimum atomic E-state index is -0.669. The summed E-state index contributed by atoms with van der Waals surface area (Å²) < 4.78 is 41.7. The molecular formula is C22H22F3N3O2. The third-order valence-electron chi connectivity index (χ3n) is 5.59. The Morgan fingerprint density at radius 1 is 1.07 bits per heavy atom. The zero-order valence-electron chi connectivity index (χ0n) is 16.1. The molecule has 4 rings (SSSR count). The molecule has 1 aliphatic rings. The van der Waals surface area contributed by atoms with E-state index in [2.05, 4.69) is 15.6 Å². The summed E-state index contributed by atoms with van der Waals surface area (Å²) in [5.41, 5.74) is 2.41. The van der Waals surface area contributed by atoms with Crippen LogP contribution in [0.4, 0.5) is 18.0 Å². The number of halogens is 3. The van der Waals surface area contributed by atoms with Gasteiger partial charge in [-0.2, -0.15) is 0 Å². The molecule has 0 radical (unpaired) electrons. The molecule has 0 saturated heterocycles. The molecule has 1 saturated carbocycles. The summed E-state index contributed by atoms with van der Waals surface area (Å²) in [6.45, 7) is 0.538. The largest absolute Gasteiger partial charge is 0.395 e. The molecule has 0 unspecified atom stereocenters. The molecule has 2 aromatic carbocycles. The second-order valence-corrected chi connectivity index (χ2v) is 7.63. The highest BCUT2D eigenvalue weighted by Crippen LogP contribution is 2.48. The number of urea groups is 1. The number of fused-ring (bicyclic) bond motifs is 1. The van der Waals surface area contributed by atoms with Crippen LogP contribution in [-0.2, 0) is 0 Å². The van der Waals surface area contributed by atoms with E-state index in [4.69, 9.17) is 5.11 Å². The van der Waals surface area contributed by atoms with Crippen LogP contribution < -0.4 is 10.6 Å². The van der Waals surface area contributed by atoms with Gasteiger partial charge >= 0.3 is 6.03 Å². The van der Waals surface area contributed by atoms with Crippen LogP contribution in [0.25, 0.3) is 22.2 Å². The summed E-state index contributed by atoms with van der Waals surface area (Å²) in [5.74, 6) is -1.39. The van der Waals surface area contributed by atoms with Gasteiger partial charge in [-0.05, 0) is 66.1 Å². The number of H-pyrrole nitrogens is 1. The lowest BCUT2D eigenvalue weighted by molar-refractivity contribution is 0.220. The Hall–Kier alpha value is -3.00. The summed E-state index contributed by atoms with van der Waals surface area (Å²) in [5, 5.41) is 14.5. The van der Waals surface area contributed by atoms with E-state index in [0.717, 1.165) is 24.5 Å². The van der Waals surface area contributed by atoms with E-state index in [9.17, 15) is 18.0 Å². The van der Waals surface area contributed by atoms with Gasteiger partial charge in [-0.1, -0.05) is 0 Å². The van der Waals surface area contributed by atoms with Crippen molar-refractivity contribution in [3.05, 3.63) is 59.4 Å². The van der Waals surface area contributed by atoms with Gasteiger partial charge in [0.25, 0.3) is 0 Å². The van der Waals surface area contributed by atoms with Crippen molar-refractivity contribution >= 4 is 16.9 Å². The molecule has 1 aliphatic carbocycles. The fraction of sp³-hybridized carbons (Fsp3) is 0.318. The van der Waals surface area contributed by atoms with E-state index >= 15 is 0 Å². The maximum Gasteiger partial charge on any atom is 0.314 e. The average Bonchev–Trinajstić information content (AvgIpc) is 3.05. The number of aromatic amines is 1. The number of benzene rings is 2. The normalized spacial score (nSPS) is 18.3. The second kappa shape index (κ2) is 8.39. The van der Waals surface area contributed by atoms with Gasteiger partial charge in [0.05, 0.1) is 17.8 Å². The number of aromatic nitrogens is 1. The molecule has 0 bridgehead atoms. The first-order valence-electron chi connectivity index (χ1n) is 9.85. The summed E-state index contributed by atoms with van der Waals surface area (Å²) in [6.07, 6.45) is 1.50. The number of aliphatic hydroxyl groups is 1. The smallest absolute Gasteiger partial charge is 0.314 e. The number of rotatable bonds is 6. The van der Waals surface area contributed by atoms with E-state index in [1.807, 2.05) is 0 Å². The average molecular weight is 417 g/mol. The first kappa shape index (κ1) is 20.3. The lowest BCUT2D eigenvalue weighted by Gasteiger charge is -2.36. The zero-order chi connectivity index (χ0) is 21.3. The van der Waals surface area contributed by atoms with Crippen molar-refractivity contribution in [3.8, 4) is 11.3 Å². The third-order valence-corrected chi connectivity index (χ3v) is 5.59. The van der Waals surface area contributed by atoms with Crippen LogP contribution in [0.5, 0.6) is 0 Å². The molecule has 5 nitrogen and oxygen atoms in total. The Labute approximate surface area is 171 Å². The van der Waals surface area contributed by atoms with Gasteiger partial charge in [0, 0.05) is 24.5 Å². The van der Waals surface area contributed by atoms with Crippen LogP contribution in [0.3, 0.4) is 0 Å². The van der Waals surface area contributed by atoms with Crippen LogP contribution in [0.2, 0.25) is 0 Å². The summed E-state index contributed by atoms with van der Waals surface area (Å²) in [7, 11) is 0. The molecule has 3 aromatic rings. The van der Waals surface area contributed by atoms with Crippen molar-refractivity contribution in [1.82, 2.24) is 15.6 Å². The molecule has 0 atom stereocenters. The first-order valence-corrected chi connectivity index (χ1v) is 9.85. The van der Waals surface area contributed by atoms with Crippen molar-refractivity contribution in [2.45, 2.75) is 18.8 Å². The van der Waals surface area contributed by atoms with Gasteiger partial charge in [-0.15, -0.1) is 0 Å². The molecule has 2 amide bonds. The van der Waals surface area contributed by atoms with E-state index < -0.39 is 11.6 Å². The molecule has 8 heteroatoms. The van der Waals surface area contributed by atoms with Gasteiger partial charge in [0.2, 0.25) is 0 Å². The number of carbonyl (C=O) groups excluding carboxylic acids is 1. The van der Waals surface area contributed by atoms with E-state index in [0.29, 0.717) is 23.2 Å². The molecule has 1 heterocycles. The van der Waals surface area contributed by atoms with Gasteiger partial charge in [-0.3, -0.25) is 0 Å². The molecule has 158 valence electrons. The van der Waals surface area contributed by atoms with Crippen molar-refractivity contribution in [2.24, 2.45) is 5.92 Å². The van der Waals surface area contributed by atoms with Crippen LogP contribution in [0.15, 0.2) is 36.4 Å². The van der Waals surface area contributed by atoms with Crippen molar-refractivity contribution in [3.63, 3.8) is 0 Å². The van der Waals surface area contributed by atoms with Crippen molar-refractivity contribution in [2.75, 3.05) is 19.7 Å². The number of nitrogens with one attached hydrogen (secondary N) is 3. The molecule has 0 aliphatic heterocycles. The van der Waals surface area contributed by atoms with Gasteiger partial charge < -0.3 is 20.7 Å². The highest BCUT2D eigenvalue weighted by molar-refractivity contribution is 5.92. The van der Waals surface area contributed by atoms with Crippen molar-refractivity contribution < 1.29 is 23.1 Å². The predicted octanol–water partition coefficient (Wildman–Crippen LogP) is 4.04. The van der Waals surface area contributed by atoms with Gasteiger partial charge in [-0.25, -0.2) is 18.0 Å². The van der Waals surface area contributed by atoms with E-state index in [1.54, 1.807) is 12.1 Å². The SMILES string of the molecule is O=C(NCCO)NCC1CC(c2c(-c3ccc(F)cc3)[nH]c3c(F)cc(F)cc23)C1. The third kappa shape index (κ3) is 4.00. The number of carbonyl (C=O) groups is 1. The topological polar surface area (TPSA) is 77.2 Å². The number of amides is 2. The highest BCUT2D eigenvalue weighted by Gasteiger charge is 2.34. The Morgan fingerprint density at radius 2 is 1.80 bits per heavy atom. The Balaban J connectivity index is 1.58. The maximum absolute atomic E-state index is 14.4. The van der Waals surface area contributed by atoms with E-state index in [1.165, 1.54) is 18.2 Å². The fourth-order valence-electron chi connectivity index (χ4n) is 4.12. The predicted molar refractivity (Wildman–Crippen MR) is 108 cm³/mol. The zero-order valence-corrected chi connectivity index (χ0v) is 16.1. The van der Waals surface area contributed by atoms with Crippen LogP contribution in [0.1, 0.15) is 24.3 Å². The van der Waals surface area contributed by atoms with Crippen LogP contribution in [-0.4, -0.2) is 35.8 Å². The monoisotopic (exact) mass is 417 g/mol. The molecule has 1 aromatic heterocycles. The minimum absolute atomic E-state index is 0.0623. The molecule has 0 spiro atoms. The Kier molecular flexibility index (Phi) is 5.67. The quantitative estimate of drug-likeness (QED) is 0.489. The number of hydrogen-bond acceptors (Lipinski definition) is 2. The second-order valence-electron chi connectivity index (χ2n) is 7.63. The first-order chi connectivity index (χ1) is 14.5. The van der Waals surface area contributed by atoms with Crippen LogP contribution in [0, 0.1) is 23.4 Å². The van der Waals surface area contributed by atoms with E-state index in [-0.39, 0.29) is 42.4 Å². The summed E-state index contributed by atoms with van der Waals surface area (Å²) in [6, 6.07) is 7.72. The van der Waals surface area contributed by atoms with Gasteiger partial charge in [0.15, 0.2) is 0 Å². The number of aliphatic hydroxyl groups excluding tert-OH is 1. The van der Waals surface area contributed by atoms with Gasteiger partial charge in [0.1, 0.15) is 17.5 Å². The number of hydrogen-bond donors (Lipinski definition) is 4. The molecule has 30 heavy (non-hydrogen) atoms.